The summed E-state index contributed by atoms with van der Waals surface area (Å²) in [6, 6.07) is 10.8. The van der Waals surface area contributed by atoms with Gasteiger partial charge in [-0.3, -0.25) is 14.4 Å². The lowest BCUT2D eigenvalue weighted by Crippen LogP contribution is -2.50. The van der Waals surface area contributed by atoms with Gasteiger partial charge in [0.05, 0.1) is 7.11 Å². The number of fused-ring (bicyclic) bond motifs is 1. The van der Waals surface area contributed by atoms with E-state index in [1.165, 1.54) is 6.92 Å². The van der Waals surface area contributed by atoms with E-state index in [0.717, 1.165) is 29.5 Å². The molecule has 1 spiro atoms. The Hall–Kier alpha value is -3.33. The summed E-state index contributed by atoms with van der Waals surface area (Å²) in [7, 11) is 1.58. The number of ether oxygens (including phenoxy) is 1. The van der Waals surface area contributed by atoms with Crippen LogP contribution in [0.2, 0.25) is 0 Å². The van der Waals surface area contributed by atoms with Crippen LogP contribution in [-0.2, 0) is 16.0 Å². The number of furan rings is 1. The molecule has 1 atom stereocenters. The summed E-state index contributed by atoms with van der Waals surface area (Å²) >= 11 is 1.59. The van der Waals surface area contributed by atoms with Crippen LogP contribution < -0.4 is 10.1 Å². The van der Waals surface area contributed by atoms with Crippen LogP contribution in [0.5, 0.6) is 5.75 Å². The summed E-state index contributed by atoms with van der Waals surface area (Å²) in [5.74, 6) is 0.589. The number of methoxy groups -OCH3 is 1. The van der Waals surface area contributed by atoms with E-state index >= 15 is 0 Å². The van der Waals surface area contributed by atoms with Gasteiger partial charge in [0.1, 0.15) is 6.04 Å². The number of para-hydroxylation sites is 1. The molecule has 0 radical (unpaired) electrons. The number of nitrogens with zero attached hydrogens (tertiary/aromatic N) is 2. The van der Waals surface area contributed by atoms with E-state index in [0.29, 0.717) is 49.7 Å². The maximum Gasteiger partial charge on any atom is 0.289 e. The molecule has 3 amide bonds. The van der Waals surface area contributed by atoms with Crippen LogP contribution in [0, 0.1) is 5.41 Å². The Morgan fingerprint density at radius 2 is 1.86 bits per heavy atom. The third-order valence-corrected chi connectivity index (χ3v) is 8.36. The zero-order valence-corrected chi connectivity index (χ0v) is 21.4. The number of carbonyl (C=O) groups is 3. The number of nitrogens with one attached hydrogen (secondary N) is 1. The SMILES string of the molecule is COc1cccc2cc(C(=O)N3CCC4(CC3)CCN(C(=O)C(Cc3cccs3)NC(C)=O)C4)oc12. The summed E-state index contributed by atoms with van der Waals surface area (Å²) in [6.45, 7) is 4.04. The topological polar surface area (TPSA) is 92.1 Å². The molecule has 4 heterocycles. The molecular formula is C27H31N3O5S. The number of hydrogen-bond acceptors (Lipinski definition) is 6. The molecule has 0 saturated carbocycles. The van der Waals surface area contributed by atoms with Crippen LogP contribution in [0.1, 0.15) is 41.6 Å². The molecule has 2 saturated heterocycles. The fourth-order valence-electron chi connectivity index (χ4n) is 5.47. The molecule has 1 aromatic carbocycles. The molecule has 3 aromatic rings. The van der Waals surface area contributed by atoms with E-state index in [1.807, 2.05) is 45.5 Å². The first kappa shape index (κ1) is 24.4. The van der Waals surface area contributed by atoms with Crippen molar-refractivity contribution in [1.82, 2.24) is 15.1 Å². The molecule has 9 heteroatoms. The fourth-order valence-corrected chi connectivity index (χ4v) is 6.22. The van der Waals surface area contributed by atoms with E-state index in [2.05, 4.69) is 5.32 Å². The van der Waals surface area contributed by atoms with Gasteiger partial charge in [0, 0.05) is 49.8 Å². The minimum atomic E-state index is -0.553. The maximum atomic E-state index is 13.4. The van der Waals surface area contributed by atoms with Gasteiger partial charge in [-0.25, -0.2) is 0 Å². The van der Waals surface area contributed by atoms with Gasteiger partial charge < -0.3 is 24.3 Å². The average molecular weight is 510 g/mol. The highest BCUT2D eigenvalue weighted by Gasteiger charge is 2.44. The number of likely N-dealkylation sites (tertiary alicyclic amines) is 2. The predicted molar refractivity (Wildman–Crippen MR) is 137 cm³/mol. The van der Waals surface area contributed by atoms with Crippen LogP contribution in [0.3, 0.4) is 0 Å². The second kappa shape index (κ2) is 9.97. The smallest absolute Gasteiger partial charge is 0.289 e. The molecule has 1 unspecified atom stereocenters. The number of hydrogen-bond donors (Lipinski definition) is 1. The maximum absolute atomic E-state index is 13.4. The molecule has 2 fully saturated rings. The zero-order valence-electron chi connectivity index (χ0n) is 20.6. The monoisotopic (exact) mass is 509 g/mol. The molecule has 1 N–H and O–H groups in total. The van der Waals surface area contributed by atoms with E-state index in [1.54, 1.807) is 24.5 Å². The number of benzene rings is 1. The van der Waals surface area contributed by atoms with Crippen molar-refractivity contribution in [2.24, 2.45) is 5.41 Å². The Morgan fingerprint density at radius 3 is 2.53 bits per heavy atom. The quantitative estimate of drug-likeness (QED) is 0.547. The van der Waals surface area contributed by atoms with Crippen molar-refractivity contribution in [3.8, 4) is 5.75 Å². The van der Waals surface area contributed by atoms with Crippen molar-refractivity contribution in [3.63, 3.8) is 0 Å². The van der Waals surface area contributed by atoms with Crippen LogP contribution in [-0.4, -0.2) is 66.9 Å². The van der Waals surface area contributed by atoms with Crippen molar-refractivity contribution in [1.29, 1.82) is 0 Å². The van der Waals surface area contributed by atoms with E-state index in [9.17, 15) is 14.4 Å². The van der Waals surface area contributed by atoms with Crippen LogP contribution >= 0.6 is 11.3 Å². The molecule has 2 aromatic heterocycles. The molecule has 0 aliphatic carbocycles. The van der Waals surface area contributed by atoms with Gasteiger partial charge in [0.25, 0.3) is 5.91 Å². The first-order valence-electron chi connectivity index (χ1n) is 12.3. The van der Waals surface area contributed by atoms with Crippen molar-refractivity contribution >= 4 is 40.0 Å². The molecule has 190 valence electrons. The van der Waals surface area contributed by atoms with Crippen molar-refractivity contribution in [2.45, 2.75) is 38.6 Å². The Kier molecular flexibility index (Phi) is 6.75. The highest BCUT2D eigenvalue weighted by Crippen LogP contribution is 2.41. The summed E-state index contributed by atoms with van der Waals surface area (Å²) in [5, 5.41) is 5.67. The number of piperidine rings is 1. The highest BCUT2D eigenvalue weighted by atomic mass is 32.1. The summed E-state index contributed by atoms with van der Waals surface area (Å²) in [6.07, 6.45) is 3.09. The van der Waals surface area contributed by atoms with E-state index in [-0.39, 0.29) is 23.1 Å². The normalized spacial score (nSPS) is 17.9. The second-order valence-electron chi connectivity index (χ2n) is 9.83. The Balaban J connectivity index is 1.21. The molecule has 36 heavy (non-hydrogen) atoms. The predicted octanol–water partition coefficient (Wildman–Crippen LogP) is 3.71. The number of amides is 3. The number of carbonyl (C=O) groups excluding carboxylic acids is 3. The van der Waals surface area contributed by atoms with E-state index < -0.39 is 6.04 Å². The van der Waals surface area contributed by atoms with Gasteiger partial charge in [-0.2, -0.15) is 0 Å². The molecule has 0 bridgehead atoms. The lowest BCUT2D eigenvalue weighted by atomic mass is 9.77. The lowest BCUT2D eigenvalue weighted by molar-refractivity contribution is -0.135. The summed E-state index contributed by atoms with van der Waals surface area (Å²) < 4.78 is 11.2. The van der Waals surface area contributed by atoms with Crippen molar-refractivity contribution in [3.05, 3.63) is 52.4 Å². The number of thiophene rings is 1. The largest absolute Gasteiger partial charge is 0.493 e. The summed E-state index contributed by atoms with van der Waals surface area (Å²) in [5.41, 5.74) is 0.589. The Bertz CT molecular complexity index is 1260. The molecular weight excluding hydrogens is 478 g/mol. The van der Waals surface area contributed by atoms with Gasteiger partial charge in [-0.15, -0.1) is 11.3 Å². The first-order valence-corrected chi connectivity index (χ1v) is 13.2. The summed E-state index contributed by atoms with van der Waals surface area (Å²) in [4.78, 5) is 43.1. The van der Waals surface area contributed by atoms with Gasteiger partial charge >= 0.3 is 0 Å². The van der Waals surface area contributed by atoms with Gasteiger partial charge in [0.2, 0.25) is 11.8 Å². The molecule has 5 rings (SSSR count). The minimum absolute atomic E-state index is 0.00719. The Labute approximate surface area is 214 Å². The zero-order chi connectivity index (χ0) is 25.3. The van der Waals surface area contributed by atoms with Gasteiger partial charge in [-0.05, 0) is 48.3 Å². The molecule has 2 aliphatic rings. The Morgan fingerprint density at radius 1 is 1.11 bits per heavy atom. The standard InChI is InChI=1S/C27H31N3O5S/c1-18(31)28-21(16-20-6-4-14-36-20)25(32)30-13-10-27(17-30)8-11-29(12-9-27)26(33)23-15-19-5-3-7-22(34-2)24(19)35-23/h3-7,14-15,21H,8-13,16-17H2,1-2H3,(H,28,31). The van der Waals surface area contributed by atoms with Crippen LogP contribution in [0.15, 0.2) is 46.2 Å². The average Bonchev–Trinajstić information content (AvgIpc) is 3.63. The highest BCUT2D eigenvalue weighted by molar-refractivity contribution is 7.09. The molecule has 8 nitrogen and oxygen atoms in total. The number of rotatable bonds is 6. The third-order valence-electron chi connectivity index (χ3n) is 7.46. The fraction of sp³-hybridized carbons (Fsp3) is 0.444. The lowest BCUT2D eigenvalue weighted by Gasteiger charge is -2.39. The van der Waals surface area contributed by atoms with Crippen LogP contribution in [0.4, 0.5) is 0 Å². The van der Waals surface area contributed by atoms with Gasteiger partial charge in [-0.1, -0.05) is 18.2 Å². The first-order chi connectivity index (χ1) is 17.4. The van der Waals surface area contributed by atoms with Crippen LogP contribution in [0.25, 0.3) is 11.0 Å². The van der Waals surface area contributed by atoms with Crippen molar-refractivity contribution < 1.29 is 23.5 Å². The van der Waals surface area contributed by atoms with E-state index in [4.69, 9.17) is 9.15 Å². The second-order valence-corrected chi connectivity index (χ2v) is 10.9. The van der Waals surface area contributed by atoms with Crippen molar-refractivity contribution in [2.75, 3.05) is 33.3 Å². The molecule has 2 aliphatic heterocycles. The minimum Gasteiger partial charge on any atom is -0.493 e. The van der Waals surface area contributed by atoms with Gasteiger partial charge in [0.15, 0.2) is 17.1 Å². The third kappa shape index (κ3) is 4.84.